The van der Waals surface area contributed by atoms with Crippen molar-refractivity contribution in [2.45, 2.75) is 51.9 Å². The Kier molecular flexibility index (Phi) is 4.57. The third-order valence-electron chi connectivity index (χ3n) is 5.21. The van der Waals surface area contributed by atoms with Crippen molar-refractivity contribution >= 4 is 6.29 Å². The molecule has 21 heavy (non-hydrogen) atoms. The third kappa shape index (κ3) is 2.78. The maximum Gasteiger partial charge on any atom is 0.124 e. The quantitative estimate of drug-likeness (QED) is 0.730. The molecule has 0 radical (unpaired) electrons. The topological polar surface area (TPSA) is 26.3 Å². The van der Waals surface area contributed by atoms with Crippen LogP contribution in [0.15, 0.2) is 18.2 Å². The molecule has 0 heterocycles. The molecule has 116 valence electrons. The van der Waals surface area contributed by atoms with Gasteiger partial charge >= 0.3 is 0 Å². The minimum Gasteiger partial charge on any atom is -0.384 e. The number of hydrogen-bond donors (Lipinski definition) is 0. The van der Waals surface area contributed by atoms with Crippen LogP contribution in [0.4, 0.5) is 0 Å². The number of rotatable bonds is 6. The van der Waals surface area contributed by atoms with E-state index in [-0.39, 0.29) is 11.3 Å². The normalized spacial score (nSPS) is 28.2. The van der Waals surface area contributed by atoms with Gasteiger partial charge in [-0.25, -0.2) is 0 Å². The third-order valence-corrected chi connectivity index (χ3v) is 5.21. The number of methoxy groups -OCH3 is 1. The van der Waals surface area contributed by atoms with Gasteiger partial charge in [-0.2, -0.15) is 0 Å². The number of ether oxygens (including phenoxy) is 1. The summed E-state index contributed by atoms with van der Waals surface area (Å²) in [4.78, 5) is 11.4. The fourth-order valence-corrected chi connectivity index (χ4v) is 3.39. The number of aldehydes is 1. The van der Waals surface area contributed by atoms with Crippen LogP contribution in [0.2, 0.25) is 0 Å². The summed E-state index contributed by atoms with van der Waals surface area (Å²) in [5, 5.41) is 0. The van der Waals surface area contributed by atoms with Gasteiger partial charge in [-0.1, -0.05) is 52.8 Å². The van der Waals surface area contributed by atoms with E-state index in [2.05, 4.69) is 52.8 Å². The molecule has 1 aromatic rings. The first-order valence-corrected chi connectivity index (χ1v) is 7.95. The number of carbonyl (C=O) groups excluding carboxylic acids is 1. The fraction of sp³-hybridized carbons (Fsp3) is 0.632. The standard InChI is InChI=1S/C19H28O2/c1-12(2)14-7-15(13(3)4)9-16(8-14)19(5)17(10-20)18(19)11-21-6/h7-10,12-13,17-18H,11H2,1-6H3/t17?,18-,19?/m0/s1. The Morgan fingerprint density at radius 3 is 2.05 bits per heavy atom. The first-order valence-electron chi connectivity index (χ1n) is 7.95. The van der Waals surface area contributed by atoms with Gasteiger partial charge in [0.2, 0.25) is 0 Å². The molecule has 0 N–H and O–H groups in total. The minimum atomic E-state index is -0.0632. The Morgan fingerprint density at radius 2 is 1.67 bits per heavy atom. The van der Waals surface area contributed by atoms with Crippen LogP contribution in [0.25, 0.3) is 0 Å². The molecule has 1 aliphatic carbocycles. The van der Waals surface area contributed by atoms with Crippen molar-refractivity contribution in [2.24, 2.45) is 11.8 Å². The highest BCUT2D eigenvalue weighted by Crippen LogP contribution is 2.59. The van der Waals surface area contributed by atoms with Crippen molar-refractivity contribution in [1.29, 1.82) is 0 Å². The second-order valence-corrected chi connectivity index (χ2v) is 7.20. The van der Waals surface area contributed by atoms with Crippen LogP contribution in [0.3, 0.4) is 0 Å². The van der Waals surface area contributed by atoms with Crippen molar-refractivity contribution in [3.63, 3.8) is 0 Å². The highest BCUT2D eigenvalue weighted by molar-refractivity contribution is 5.66. The lowest BCUT2D eigenvalue weighted by atomic mass is 9.86. The van der Waals surface area contributed by atoms with Crippen molar-refractivity contribution in [3.05, 3.63) is 34.9 Å². The summed E-state index contributed by atoms with van der Waals surface area (Å²) in [6.45, 7) is 11.8. The Labute approximate surface area is 128 Å². The van der Waals surface area contributed by atoms with E-state index in [0.29, 0.717) is 24.4 Å². The molecule has 0 amide bonds. The number of carbonyl (C=O) groups is 1. The summed E-state index contributed by atoms with van der Waals surface area (Å²) in [7, 11) is 1.71. The highest BCUT2D eigenvalue weighted by Gasteiger charge is 2.62. The molecule has 0 aromatic heterocycles. The van der Waals surface area contributed by atoms with Crippen molar-refractivity contribution in [1.82, 2.24) is 0 Å². The molecule has 0 saturated heterocycles. The first-order chi connectivity index (χ1) is 9.86. The lowest BCUT2D eigenvalue weighted by Crippen LogP contribution is -2.11. The molecule has 2 unspecified atom stereocenters. The zero-order valence-corrected chi connectivity index (χ0v) is 14.1. The predicted octanol–water partition coefficient (Wildman–Crippen LogP) is 4.28. The van der Waals surface area contributed by atoms with Gasteiger partial charge in [0.05, 0.1) is 6.61 Å². The van der Waals surface area contributed by atoms with E-state index >= 15 is 0 Å². The maximum atomic E-state index is 11.4. The van der Waals surface area contributed by atoms with Gasteiger partial charge in [-0.05, 0) is 28.5 Å². The fourth-order valence-electron chi connectivity index (χ4n) is 3.39. The van der Waals surface area contributed by atoms with Crippen LogP contribution in [-0.4, -0.2) is 20.0 Å². The molecule has 2 heteroatoms. The van der Waals surface area contributed by atoms with Gasteiger partial charge in [0.25, 0.3) is 0 Å². The van der Waals surface area contributed by atoms with E-state index in [1.165, 1.54) is 16.7 Å². The van der Waals surface area contributed by atoms with E-state index in [4.69, 9.17) is 4.74 Å². The molecule has 3 atom stereocenters. The summed E-state index contributed by atoms with van der Waals surface area (Å²) >= 11 is 0. The maximum absolute atomic E-state index is 11.4. The molecule has 2 nitrogen and oxygen atoms in total. The summed E-state index contributed by atoms with van der Waals surface area (Å²) < 4.78 is 5.31. The summed E-state index contributed by atoms with van der Waals surface area (Å²) in [6.07, 6.45) is 1.11. The molecular formula is C19H28O2. The largest absolute Gasteiger partial charge is 0.384 e. The second kappa shape index (κ2) is 5.92. The Morgan fingerprint density at radius 1 is 1.14 bits per heavy atom. The lowest BCUT2D eigenvalue weighted by molar-refractivity contribution is -0.109. The zero-order valence-electron chi connectivity index (χ0n) is 14.1. The van der Waals surface area contributed by atoms with E-state index < -0.39 is 0 Å². The lowest BCUT2D eigenvalue weighted by Gasteiger charge is -2.19. The Balaban J connectivity index is 2.46. The Bertz CT molecular complexity index is 492. The molecule has 0 bridgehead atoms. The van der Waals surface area contributed by atoms with Gasteiger partial charge in [-0.15, -0.1) is 0 Å². The van der Waals surface area contributed by atoms with Crippen LogP contribution in [0, 0.1) is 11.8 Å². The smallest absolute Gasteiger partial charge is 0.124 e. The average molecular weight is 288 g/mol. The van der Waals surface area contributed by atoms with E-state index in [0.717, 1.165) is 6.29 Å². The molecule has 1 aromatic carbocycles. The molecule has 1 saturated carbocycles. The van der Waals surface area contributed by atoms with Gasteiger partial charge in [-0.3, -0.25) is 0 Å². The minimum absolute atomic E-state index is 0.0632. The molecule has 2 rings (SSSR count). The van der Waals surface area contributed by atoms with Gasteiger partial charge < -0.3 is 9.53 Å². The van der Waals surface area contributed by atoms with Crippen LogP contribution in [-0.2, 0) is 14.9 Å². The zero-order chi connectivity index (χ0) is 15.8. The first kappa shape index (κ1) is 16.2. The van der Waals surface area contributed by atoms with Crippen LogP contribution >= 0.6 is 0 Å². The van der Waals surface area contributed by atoms with Gasteiger partial charge in [0.1, 0.15) is 6.29 Å². The molecule has 0 spiro atoms. The van der Waals surface area contributed by atoms with E-state index in [1.807, 2.05) is 0 Å². The van der Waals surface area contributed by atoms with E-state index in [9.17, 15) is 4.79 Å². The molecule has 0 aliphatic heterocycles. The van der Waals surface area contributed by atoms with Crippen LogP contribution < -0.4 is 0 Å². The van der Waals surface area contributed by atoms with E-state index in [1.54, 1.807) is 7.11 Å². The second-order valence-electron chi connectivity index (χ2n) is 7.20. The molecule has 1 aliphatic rings. The summed E-state index contributed by atoms with van der Waals surface area (Å²) in [6, 6.07) is 6.90. The SMILES string of the molecule is COC[C@H]1C(C=O)C1(C)c1cc(C(C)C)cc(C(C)C)c1. The van der Waals surface area contributed by atoms with Crippen LogP contribution in [0.5, 0.6) is 0 Å². The monoisotopic (exact) mass is 288 g/mol. The molecule has 1 fully saturated rings. The van der Waals surface area contributed by atoms with Gasteiger partial charge in [0, 0.05) is 24.4 Å². The Hall–Kier alpha value is -1.15. The van der Waals surface area contributed by atoms with Crippen molar-refractivity contribution in [3.8, 4) is 0 Å². The summed E-state index contributed by atoms with van der Waals surface area (Å²) in [5.74, 6) is 1.39. The van der Waals surface area contributed by atoms with Crippen molar-refractivity contribution < 1.29 is 9.53 Å². The predicted molar refractivity (Wildman–Crippen MR) is 86.9 cm³/mol. The number of benzene rings is 1. The van der Waals surface area contributed by atoms with Crippen LogP contribution in [0.1, 0.15) is 63.1 Å². The van der Waals surface area contributed by atoms with Crippen molar-refractivity contribution in [2.75, 3.05) is 13.7 Å². The van der Waals surface area contributed by atoms with Gasteiger partial charge in [0.15, 0.2) is 0 Å². The average Bonchev–Trinajstić information content (AvgIpc) is 3.03. The molecular weight excluding hydrogens is 260 g/mol. The summed E-state index contributed by atoms with van der Waals surface area (Å²) in [5.41, 5.74) is 3.97. The number of hydrogen-bond acceptors (Lipinski definition) is 2. The highest BCUT2D eigenvalue weighted by atomic mass is 16.5.